The maximum Gasteiger partial charge on any atom is 0.309 e. The first-order chi connectivity index (χ1) is 12.1. The fraction of sp³-hybridized carbons (Fsp3) is 0.0952. The lowest BCUT2D eigenvalue weighted by molar-refractivity contribution is -0.132. The molecule has 0 saturated heterocycles. The Bertz CT molecular complexity index is 919. The van der Waals surface area contributed by atoms with Crippen molar-refractivity contribution < 1.29 is 14.3 Å². The van der Waals surface area contributed by atoms with Gasteiger partial charge in [0.2, 0.25) is 5.88 Å². The summed E-state index contributed by atoms with van der Waals surface area (Å²) in [4.78, 5) is 28.8. The number of carbonyl (C=O) groups is 2. The van der Waals surface area contributed by atoms with Crippen LogP contribution >= 0.6 is 0 Å². The lowest BCUT2D eigenvalue weighted by atomic mass is 9.98. The number of ether oxygens (including phenoxy) is 1. The van der Waals surface area contributed by atoms with Crippen molar-refractivity contribution in [3.05, 3.63) is 83.4 Å². The van der Waals surface area contributed by atoms with Gasteiger partial charge in [0.15, 0.2) is 5.78 Å². The van der Waals surface area contributed by atoms with Gasteiger partial charge >= 0.3 is 5.97 Å². The van der Waals surface area contributed by atoms with Gasteiger partial charge in [-0.25, -0.2) is 4.98 Å². The summed E-state index contributed by atoms with van der Waals surface area (Å²) in [6.07, 6.45) is 0. The molecule has 1 heterocycles. The predicted molar refractivity (Wildman–Crippen MR) is 95.6 cm³/mol. The summed E-state index contributed by atoms with van der Waals surface area (Å²) in [5.41, 5.74) is 3.02. The van der Waals surface area contributed by atoms with Gasteiger partial charge in [0.1, 0.15) is 0 Å². The van der Waals surface area contributed by atoms with Crippen molar-refractivity contribution in [2.75, 3.05) is 0 Å². The summed E-state index contributed by atoms with van der Waals surface area (Å²) in [7, 11) is 0. The van der Waals surface area contributed by atoms with E-state index in [9.17, 15) is 9.59 Å². The zero-order valence-electron chi connectivity index (χ0n) is 14.0. The fourth-order valence-corrected chi connectivity index (χ4v) is 2.56. The smallest absolute Gasteiger partial charge is 0.309 e. The van der Waals surface area contributed by atoms with Crippen LogP contribution in [-0.4, -0.2) is 16.7 Å². The Balaban J connectivity index is 2.16. The van der Waals surface area contributed by atoms with Crippen LogP contribution in [0.4, 0.5) is 0 Å². The van der Waals surface area contributed by atoms with Gasteiger partial charge < -0.3 is 4.74 Å². The molecule has 25 heavy (non-hydrogen) atoms. The van der Waals surface area contributed by atoms with Crippen LogP contribution in [-0.2, 0) is 4.79 Å². The summed E-state index contributed by atoms with van der Waals surface area (Å²) in [6, 6.07) is 20.2. The van der Waals surface area contributed by atoms with Gasteiger partial charge in [0.05, 0.1) is 5.69 Å². The standard InChI is InChI=1S/C21H17NO3/c1-14-18(20(24)17-11-7-4-8-12-17)13-19(16-9-5-3-6-10-16)22-21(14)25-15(2)23/h3-13H,1-2H3. The molecule has 0 amide bonds. The lowest BCUT2D eigenvalue weighted by Crippen LogP contribution is -2.10. The molecule has 0 aliphatic carbocycles. The molecule has 4 nitrogen and oxygen atoms in total. The summed E-state index contributed by atoms with van der Waals surface area (Å²) in [5.74, 6) is -0.446. The van der Waals surface area contributed by atoms with Crippen molar-refractivity contribution in [2.24, 2.45) is 0 Å². The van der Waals surface area contributed by atoms with Crippen molar-refractivity contribution in [3.8, 4) is 17.1 Å². The highest BCUT2D eigenvalue weighted by molar-refractivity contribution is 6.10. The second kappa shape index (κ2) is 7.09. The van der Waals surface area contributed by atoms with Gasteiger partial charge in [-0.2, -0.15) is 0 Å². The highest BCUT2D eigenvalue weighted by atomic mass is 16.5. The number of aromatic nitrogens is 1. The number of rotatable bonds is 4. The number of ketones is 1. The molecule has 0 radical (unpaired) electrons. The third-order valence-electron chi connectivity index (χ3n) is 3.82. The maximum atomic E-state index is 12.9. The summed E-state index contributed by atoms with van der Waals surface area (Å²) in [6.45, 7) is 3.05. The fourth-order valence-electron chi connectivity index (χ4n) is 2.56. The molecule has 0 bridgehead atoms. The molecule has 0 aliphatic rings. The van der Waals surface area contributed by atoms with Crippen molar-refractivity contribution in [3.63, 3.8) is 0 Å². The van der Waals surface area contributed by atoms with E-state index in [0.29, 0.717) is 22.4 Å². The van der Waals surface area contributed by atoms with Gasteiger partial charge in [-0.1, -0.05) is 60.7 Å². The van der Waals surface area contributed by atoms with Crippen LogP contribution < -0.4 is 4.74 Å². The number of nitrogens with zero attached hydrogens (tertiary/aromatic N) is 1. The average molecular weight is 331 g/mol. The van der Waals surface area contributed by atoms with Crippen LogP contribution in [0.2, 0.25) is 0 Å². The Labute approximate surface area is 146 Å². The average Bonchev–Trinajstić information content (AvgIpc) is 2.64. The second-order valence-electron chi connectivity index (χ2n) is 5.64. The van der Waals surface area contributed by atoms with Crippen LogP contribution in [0.25, 0.3) is 11.3 Å². The molecule has 0 spiro atoms. The topological polar surface area (TPSA) is 56.3 Å². The largest absolute Gasteiger partial charge is 0.407 e. The van der Waals surface area contributed by atoms with Crippen molar-refractivity contribution >= 4 is 11.8 Å². The first-order valence-electron chi connectivity index (χ1n) is 7.91. The van der Waals surface area contributed by atoms with Crippen LogP contribution in [0.3, 0.4) is 0 Å². The predicted octanol–water partition coefficient (Wildman–Crippen LogP) is 4.21. The van der Waals surface area contributed by atoms with Crippen molar-refractivity contribution in [2.45, 2.75) is 13.8 Å². The van der Waals surface area contributed by atoms with E-state index in [4.69, 9.17) is 4.74 Å². The van der Waals surface area contributed by atoms with Crippen molar-refractivity contribution in [1.29, 1.82) is 0 Å². The van der Waals surface area contributed by atoms with E-state index in [1.807, 2.05) is 48.5 Å². The number of esters is 1. The Kier molecular flexibility index (Phi) is 4.70. The quantitative estimate of drug-likeness (QED) is 0.531. The monoisotopic (exact) mass is 331 g/mol. The third-order valence-corrected chi connectivity index (χ3v) is 3.82. The minimum atomic E-state index is -0.473. The molecule has 0 aliphatic heterocycles. The minimum Gasteiger partial charge on any atom is -0.407 e. The zero-order chi connectivity index (χ0) is 17.8. The third kappa shape index (κ3) is 3.63. The maximum absolute atomic E-state index is 12.9. The summed E-state index contributed by atoms with van der Waals surface area (Å²) < 4.78 is 5.23. The van der Waals surface area contributed by atoms with E-state index in [-0.39, 0.29) is 11.7 Å². The number of hydrogen-bond acceptors (Lipinski definition) is 4. The Morgan fingerprint density at radius 2 is 1.52 bits per heavy atom. The molecule has 0 saturated carbocycles. The molecule has 0 unspecified atom stereocenters. The summed E-state index contributed by atoms with van der Waals surface area (Å²) in [5, 5.41) is 0. The van der Waals surface area contributed by atoms with E-state index in [2.05, 4.69) is 4.98 Å². The Hall–Kier alpha value is -3.27. The van der Waals surface area contributed by atoms with E-state index < -0.39 is 5.97 Å². The van der Waals surface area contributed by atoms with E-state index >= 15 is 0 Å². The molecule has 3 aromatic rings. The number of benzene rings is 2. The first kappa shape index (κ1) is 16.6. The minimum absolute atomic E-state index is 0.133. The molecular weight excluding hydrogens is 314 g/mol. The Morgan fingerprint density at radius 1 is 0.920 bits per heavy atom. The normalized spacial score (nSPS) is 10.3. The lowest BCUT2D eigenvalue weighted by Gasteiger charge is -2.12. The molecule has 1 aromatic heterocycles. The molecule has 0 atom stereocenters. The van der Waals surface area contributed by atoms with Crippen LogP contribution in [0.1, 0.15) is 28.4 Å². The molecular formula is C21H17NO3. The second-order valence-corrected chi connectivity index (χ2v) is 5.64. The summed E-state index contributed by atoms with van der Waals surface area (Å²) >= 11 is 0. The van der Waals surface area contributed by atoms with Gasteiger partial charge in [0, 0.05) is 29.2 Å². The van der Waals surface area contributed by atoms with Gasteiger partial charge in [-0.3, -0.25) is 9.59 Å². The molecule has 2 aromatic carbocycles. The van der Waals surface area contributed by atoms with E-state index in [1.54, 1.807) is 25.1 Å². The molecule has 3 rings (SSSR count). The number of hydrogen-bond donors (Lipinski definition) is 0. The van der Waals surface area contributed by atoms with Crippen LogP contribution in [0.15, 0.2) is 66.7 Å². The highest BCUT2D eigenvalue weighted by Crippen LogP contribution is 2.28. The molecule has 4 heteroatoms. The molecule has 0 fully saturated rings. The van der Waals surface area contributed by atoms with E-state index in [0.717, 1.165) is 5.56 Å². The van der Waals surface area contributed by atoms with Crippen LogP contribution in [0, 0.1) is 6.92 Å². The van der Waals surface area contributed by atoms with E-state index in [1.165, 1.54) is 6.92 Å². The van der Waals surface area contributed by atoms with Gasteiger partial charge in [-0.05, 0) is 13.0 Å². The van der Waals surface area contributed by atoms with Crippen molar-refractivity contribution in [1.82, 2.24) is 4.98 Å². The zero-order valence-corrected chi connectivity index (χ0v) is 14.0. The number of carbonyl (C=O) groups excluding carboxylic acids is 2. The first-order valence-corrected chi connectivity index (χ1v) is 7.91. The van der Waals surface area contributed by atoms with Gasteiger partial charge in [-0.15, -0.1) is 0 Å². The van der Waals surface area contributed by atoms with Gasteiger partial charge in [0.25, 0.3) is 0 Å². The highest BCUT2D eigenvalue weighted by Gasteiger charge is 2.19. The number of pyridine rings is 1. The van der Waals surface area contributed by atoms with Crippen LogP contribution in [0.5, 0.6) is 5.88 Å². The Morgan fingerprint density at radius 3 is 2.12 bits per heavy atom. The molecule has 0 N–H and O–H groups in total. The molecule has 124 valence electrons. The SMILES string of the molecule is CC(=O)Oc1nc(-c2ccccc2)cc(C(=O)c2ccccc2)c1C.